The quantitative estimate of drug-likeness (QED) is 0.932. The van der Waals surface area contributed by atoms with Gasteiger partial charge >= 0.3 is 5.97 Å². The van der Waals surface area contributed by atoms with Crippen LogP contribution in [0, 0.1) is 17.6 Å². The predicted molar refractivity (Wildman–Crippen MR) is 79.7 cm³/mol. The molecule has 1 atom stereocenters. The molecule has 1 amide bonds. The van der Waals surface area contributed by atoms with Gasteiger partial charge in [-0.25, -0.2) is 13.5 Å². The van der Waals surface area contributed by atoms with Crippen LogP contribution in [0.3, 0.4) is 0 Å². The van der Waals surface area contributed by atoms with Crippen LogP contribution in [-0.4, -0.2) is 44.8 Å². The molecule has 0 saturated carbocycles. The van der Waals surface area contributed by atoms with Crippen molar-refractivity contribution < 1.29 is 23.5 Å². The Bertz CT molecular complexity index is 770. The molecular weight excluding hydrogens is 320 g/mol. The van der Waals surface area contributed by atoms with Gasteiger partial charge in [-0.2, -0.15) is 5.10 Å². The summed E-state index contributed by atoms with van der Waals surface area (Å²) in [5, 5.41) is 13.0. The fourth-order valence-corrected chi connectivity index (χ4v) is 2.80. The van der Waals surface area contributed by atoms with Crippen LogP contribution >= 0.6 is 0 Å². The van der Waals surface area contributed by atoms with E-state index in [0.29, 0.717) is 19.4 Å². The van der Waals surface area contributed by atoms with Crippen molar-refractivity contribution in [2.45, 2.75) is 12.8 Å². The first kappa shape index (κ1) is 16.1. The molecule has 0 aliphatic carbocycles. The topological polar surface area (TPSA) is 75.4 Å². The number of likely N-dealkylation sites (tertiary alicyclic amines) is 1. The van der Waals surface area contributed by atoms with E-state index in [4.69, 9.17) is 5.11 Å². The zero-order valence-corrected chi connectivity index (χ0v) is 12.7. The van der Waals surface area contributed by atoms with Crippen LogP contribution in [0.25, 0.3) is 5.69 Å². The van der Waals surface area contributed by atoms with Crippen molar-refractivity contribution in [3.8, 4) is 5.69 Å². The van der Waals surface area contributed by atoms with E-state index >= 15 is 0 Å². The van der Waals surface area contributed by atoms with Gasteiger partial charge in [0.2, 0.25) is 0 Å². The molecule has 3 rings (SSSR count). The molecule has 0 bridgehead atoms. The van der Waals surface area contributed by atoms with Crippen molar-refractivity contribution in [3.63, 3.8) is 0 Å². The minimum atomic E-state index is -0.938. The summed E-state index contributed by atoms with van der Waals surface area (Å²) in [5.41, 5.74) is -0.345. The maximum absolute atomic E-state index is 13.8. The summed E-state index contributed by atoms with van der Waals surface area (Å²) in [6.45, 7) is 0.540. The average molecular weight is 335 g/mol. The molecule has 1 unspecified atom stereocenters. The molecular formula is C16H15F2N3O3. The van der Waals surface area contributed by atoms with Crippen LogP contribution in [0.1, 0.15) is 23.3 Å². The number of amides is 1. The monoisotopic (exact) mass is 335 g/mol. The molecule has 1 aromatic carbocycles. The highest BCUT2D eigenvalue weighted by molar-refractivity contribution is 5.92. The number of carboxylic acid groups (broad SMARTS) is 1. The van der Waals surface area contributed by atoms with Crippen molar-refractivity contribution in [3.05, 3.63) is 47.8 Å². The van der Waals surface area contributed by atoms with Gasteiger partial charge in [0.25, 0.3) is 5.91 Å². The molecule has 1 aliphatic rings. The molecule has 2 heterocycles. The summed E-state index contributed by atoms with van der Waals surface area (Å²) in [7, 11) is 0. The second-order valence-corrected chi connectivity index (χ2v) is 5.64. The fourth-order valence-electron chi connectivity index (χ4n) is 2.80. The highest BCUT2D eigenvalue weighted by Crippen LogP contribution is 2.20. The summed E-state index contributed by atoms with van der Waals surface area (Å²) in [6, 6.07) is 4.80. The number of benzene rings is 1. The van der Waals surface area contributed by atoms with Crippen LogP contribution in [0.15, 0.2) is 30.5 Å². The number of rotatable bonds is 3. The largest absolute Gasteiger partial charge is 0.481 e. The first-order valence-electron chi connectivity index (χ1n) is 7.49. The Morgan fingerprint density at radius 2 is 1.92 bits per heavy atom. The molecule has 6 nitrogen and oxygen atoms in total. The Balaban J connectivity index is 1.83. The lowest BCUT2D eigenvalue weighted by Crippen LogP contribution is -2.42. The first-order chi connectivity index (χ1) is 11.5. The van der Waals surface area contributed by atoms with Crippen molar-refractivity contribution in [2.75, 3.05) is 13.1 Å². The van der Waals surface area contributed by atoms with E-state index in [1.165, 1.54) is 23.2 Å². The van der Waals surface area contributed by atoms with Gasteiger partial charge in [-0.3, -0.25) is 9.59 Å². The molecule has 1 aromatic heterocycles. The number of aliphatic carboxylic acids is 1. The summed E-state index contributed by atoms with van der Waals surface area (Å²) in [5.74, 6) is -3.57. The van der Waals surface area contributed by atoms with E-state index in [2.05, 4.69) is 5.10 Å². The SMILES string of the molecule is O=C(O)C1CCCN(C(=O)c2ccn(-c3c(F)cccc3F)n2)C1. The predicted octanol–water partition coefficient (Wildman–Crippen LogP) is 2.09. The summed E-state index contributed by atoms with van der Waals surface area (Å²) in [4.78, 5) is 24.9. The number of hydrogen-bond acceptors (Lipinski definition) is 3. The molecule has 24 heavy (non-hydrogen) atoms. The molecule has 1 fully saturated rings. The van der Waals surface area contributed by atoms with Gasteiger partial charge < -0.3 is 10.0 Å². The lowest BCUT2D eigenvalue weighted by atomic mass is 9.98. The Morgan fingerprint density at radius 1 is 1.21 bits per heavy atom. The third-order valence-corrected chi connectivity index (χ3v) is 4.03. The second kappa shape index (κ2) is 6.38. The maximum Gasteiger partial charge on any atom is 0.308 e. The number of piperidine rings is 1. The van der Waals surface area contributed by atoms with E-state index in [0.717, 1.165) is 16.8 Å². The summed E-state index contributed by atoms with van der Waals surface area (Å²) in [6.07, 6.45) is 2.41. The minimum absolute atomic E-state index is 0.0173. The standard InChI is InChI=1S/C16H15F2N3O3/c17-11-4-1-5-12(18)14(11)21-8-6-13(19-21)15(22)20-7-2-3-10(9-20)16(23)24/h1,4-6,8,10H,2-3,7,9H2,(H,23,24). The maximum atomic E-state index is 13.8. The minimum Gasteiger partial charge on any atom is -0.481 e. The highest BCUT2D eigenvalue weighted by Gasteiger charge is 2.29. The number of carbonyl (C=O) groups excluding carboxylic acids is 1. The van der Waals surface area contributed by atoms with Gasteiger partial charge in [0.15, 0.2) is 17.3 Å². The van der Waals surface area contributed by atoms with Crippen molar-refractivity contribution in [1.29, 1.82) is 0 Å². The van der Waals surface area contributed by atoms with E-state index in [1.807, 2.05) is 0 Å². The number of carboxylic acids is 1. The molecule has 0 spiro atoms. The number of halogens is 2. The van der Waals surface area contributed by atoms with E-state index in [1.54, 1.807) is 0 Å². The number of para-hydroxylation sites is 1. The van der Waals surface area contributed by atoms with Gasteiger partial charge in [0.1, 0.15) is 5.69 Å². The zero-order chi connectivity index (χ0) is 17.3. The number of nitrogens with zero attached hydrogens (tertiary/aromatic N) is 3. The van der Waals surface area contributed by atoms with E-state index in [9.17, 15) is 18.4 Å². The van der Waals surface area contributed by atoms with Crippen LogP contribution in [0.4, 0.5) is 8.78 Å². The lowest BCUT2D eigenvalue weighted by Gasteiger charge is -2.30. The van der Waals surface area contributed by atoms with Crippen molar-refractivity contribution in [1.82, 2.24) is 14.7 Å². The fraction of sp³-hybridized carbons (Fsp3) is 0.312. The van der Waals surface area contributed by atoms with Gasteiger partial charge in [0.05, 0.1) is 5.92 Å². The molecule has 1 N–H and O–H groups in total. The van der Waals surface area contributed by atoms with E-state index < -0.39 is 29.4 Å². The molecule has 8 heteroatoms. The van der Waals surface area contributed by atoms with Gasteiger partial charge in [-0.15, -0.1) is 0 Å². The normalized spacial score (nSPS) is 17.8. The number of aromatic nitrogens is 2. The lowest BCUT2D eigenvalue weighted by molar-refractivity contribution is -0.143. The molecule has 2 aromatic rings. The summed E-state index contributed by atoms with van der Waals surface area (Å²) >= 11 is 0. The second-order valence-electron chi connectivity index (χ2n) is 5.64. The highest BCUT2D eigenvalue weighted by atomic mass is 19.1. The first-order valence-corrected chi connectivity index (χ1v) is 7.49. The third-order valence-electron chi connectivity index (χ3n) is 4.03. The van der Waals surface area contributed by atoms with Crippen molar-refractivity contribution >= 4 is 11.9 Å². The Hall–Kier alpha value is -2.77. The molecule has 1 saturated heterocycles. The zero-order valence-electron chi connectivity index (χ0n) is 12.7. The Labute approximate surface area is 136 Å². The number of hydrogen-bond donors (Lipinski definition) is 1. The van der Waals surface area contributed by atoms with Gasteiger partial charge in [-0.1, -0.05) is 6.07 Å². The van der Waals surface area contributed by atoms with Crippen LogP contribution in [-0.2, 0) is 4.79 Å². The smallest absolute Gasteiger partial charge is 0.308 e. The Morgan fingerprint density at radius 3 is 2.58 bits per heavy atom. The molecule has 126 valence electrons. The van der Waals surface area contributed by atoms with Crippen LogP contribution in [0.2, 0.25) is 0 Å². The number of carbonyl (C=O) groups is 2. The average Bonchev–Trinajstić information content (AvgIpc) is 3.03. The van der Waals surface area contributed by atoms with Gasteiger partial charge in [-0.05, 0) is 31.0 Å². The molecule has 0 radical (unpaired) electrons. The Kier molecular flexibility index (Phi) is 4.28. The summed E-state index contributed by atoms with van der Waals surface area (Å²) < 4.78 is 28.5. The van der Waals surface area contributed by atoms with Gasteiger partial charge in [0, 0.05) is 19.3 Å². The molecule has 1 aliphatic heterocycles. The van der Waals surface area contributed by atoms with Crippen LogP contribution < -0.4 is 0 Å². The van der Waals surface area contributed by atoms with E-state index in [-0.39, 0.29) is 17.9 Å². The third kappa shape index (κ3) is 2.99. The van der Waals surface area contributed by atoms with Crippen LogP contribution in [0.5, 0.6) is 0 Å². The van der Waals surface area contributed by atoms with Crippen molar-refractivity contribution in [2.24, 2.45) is 5.92 Å².